The molecule has 4 rings (SSSR count). The van der Waals surface area contributed by atoms with Crippen LogP contribution in [0.15, 0.2) is 46.3 Å². The van der Waals surface area contributed by atoms with E-state index >= 15 is 0 Å². The summed E-state index contributed by atoms with van der Waals surface area (Å²) in [6.07, 6.45) is 2.64. The topological polar surface area (TPSA) is 35.5 Å². The lowest BCUT2D eigenvalue weighted by atomic mass is 9.70. The highest BCUT2D eigenvalue weighted by Gasteiger charge is 2.59. The first-order chi connectivity index (χ1) is 10.1. The van der Waals surface area contributed by atoms with E-state index in [0.29, 0.717) is 5.03 Å². The third-order valence-corrected chi connectivity index (χ3v) is 6.00. The number of hydrogen-bond donors (Lipinski definition) is 0. The first-order valence-corrected chi connectivity index (χ1v) is 8.11. The Labute approximate surface area is 133 Å². The molecule has 0 saturated heterocycles. The highest BCUT2D eigenvalue weighted by Crippen LogP contribution is 2.52. The van der Waals surface area contributed by atoms with Crippen LogP contribution in [-0.2, 0) is 14.3 Å². The second kappa shape index (κ2) is 5.76. The molecule has 1 saturated carbocycles. The molecule has 1 aromatic rings. The van der Waals surface area contributed by atoms with E-state index in [1.54, 1.807) is 11.8 Å². The molecule has 0 radical (unpaired) electrons. The molecule has 0 N–H and O–H groups in total. The maximum atomic E-state index is 12.8. The molecule has 1 fully saturated rings. The Bertz CT molecular complexity index is 568. The van der Waals surface area contributed by atoms with E-state index in [4.69, 9.17) is 21.1 Å². The van der Waals surface area contributed by atoms with Crippen molar-refractivity contribution in [2.75, 3.05) is 14.2 Å². The Morgan fingerprint density at radius 1 is 1.24 bits per heavy atom. The fourth-order valence-corrected chi connectivity index (χ4v) is 4.91. The maximum absolute atomic E-state index is 12.8. The summed E-state index contributed by atoms with van der Waals surface area (Å²) in [6, 6.07) is 10.1. The summed E-state index contributed by atoms with van der Waals surface area (Å²) >= 11 is 8.05. The predicted molar refractivity (Wildman–Crippen MR) is 83.4 cm³/mol. The van der Waals surface area contributed by atoms with E-state index in [1.165, 1.54) is 14.2 Å². The number of fused-ring (bicyclic) bond motifs is 2. The molecule has 21 heavy (non-hydrogen) atoms. The zero-order valence-corrected chi connectivity index (χ0v) is 13.5. The Kier molecular flexibility index (Phi) is 4.14. The third kappa shape index (κ3) is 2.34. The van der Waals surface area contributed by atoms with Crippen LogP contribution < -0.4 is 0 Å². The lowest BCUT2D eigenvalue weighted by Gasteiger charge is -2.49. The molecule has 3 aliphatic carbocycles. The first-order valence-electron chi connectivity index (χ1n) is 6.86. The van der Waals surface area contributed by atoms with E-state index < -0.39 is 5.79 Å². The normalized spacial score (nSPS) is 30.3. The van der Waals surface area contributed by atoms with Gasteiger partial charge in [0, 0.05) is 29.4 Å². The summed E-state index contributed by atoms with van der Waals surface area (Å²) in [5.74, 6) is -1.74. The van der Waals surface area contributed by atoms with Crippen molar-refractivity contribution in [2.24, 2.45) is 11.8 Å². The Balaban J connectivity index is 1.89. The van der Waals surface area contributed by atoms with Crippen LogP contribution in [0.1, 0.15) is 6.42 Å². The van der Waals surface area contributed by atoms with Crippen LogP contribution in [0.4, 0.5) is 0 Å². The molecule has 3 atom stereocenters. The number of halogens is 1. The van der Waals surface area contributed by atoms with Gasteiger partial charge in [0.15, 0.2) is 0 Å². The average Bonchev–Trinajstić information content (AvgIpc) is 2.51. The fourth-order valence-electron chi connectivity index (χ4n) is 3.24. The first kappa shape index (κ1) is 15.1. The highest BCUT2D eigenvalue weighted by atomic mass is 35.5. The minimum Gasteiger partial charge on any atom is -0.346 e. The van der Waals surface area contributed by atoms with E-state index in [-0.39, 0.29) is 22.9 Å². The molecular weight excluding hydrogens is 308 g/mol. The van der Waals surface area contributed by atoms with Gasteiger partial charge < -0.3 is 9.47 Å². The molecule has 1 aromatic carbocycles. The summed E-state index contributed by atoms with van der Waals surface area (Å²) in [5.41, 5.74) is 0. The molecular formula is C16H17ClO3S. The summed E-state index contributed by atoms with van der Waals surface area (Å²) in [5, 5.41) is 0.846. The van der Waals surface area contributed by atoms with Crippen molar-refractivity contribution in [3.8, 4) is 0 Å². The summed E-state index contributed by atoms with van der Waals surface area (Å²) in [6.45, 7) is 0. The monoisotopic (exact) mass is 324 g/mol. The van der Waals surface area contributed by atoms with Crippen molar-refractivity contribution >= 4 is 29.1 Å². The Hall–Kier alpha value is -0.810. The van der Waals surface area contributed by atoms with Crippen LogP contribution in [-0.4, -0.2) is 31.0 Å². The lowest BCUT2D eigenvalue weighted by Crippen LogP contribution is -2.60. The van der Waals surface area contributed by atoms with E-state index in [1.807, 2.05) is 24.3 Å². The van der Waals surface area contributed by atoms with Crippen LogP contribution in [0, 0.1) is 11.8 Å². The highest BCUT2D eigenvalue weighted by molar-refractivity contribution is 8.00. The molecule has 2 bridgehead atoms. The lowest BCUT2D eigenvalue weighted by molar-refractivity contribution is -0.235. The quantitative estimate of drug-likeness (QED) is 0.794. The van der Waals surface area contributed by atoms with Gasteiger partial charge in [-0.25, -0.2) is 0 Å². The van der Waals surface area contributed by atoms with Crippen molar-refractivity contribution in [1.29, 1.82) is 0 Å². The second-order valence-corrected chi connectivity index (χ2v) is 7.02. The number of ketones is 1. The zero-order chi connectivity index (χ0) is 15.0. The van der Waals surface area contributed by atoms with Crippen LogP contribution in [0.5, 0.6) is 0 Å². The second-order valence-electron chi connectivity index (χ2n) is 5.27. The molecule has 0 unspecified atom stereocenters. The molecule has 112 valence electrons. The van der Waals surface area contributed by atoms with Gasteiger partial charge in [-0.3, -0.25) is 4.79 Å². The van der Waals surface area contributed by atoms with Crippen LogP contribution >= 0.6 is 23.4 Å². The number of allylic oxidation sites excluding steroid dienone is 1. The average molecular weight is 325 g/mol. The van der Waals surface area contributed by atoms with Crippen molar-refractivity contribution in [3.63, 3.8) is 0 Å². The number of Topliss-reactive ketones (excluding diaryl/α,β-unsaturated/α-hetero) is 1. The number of benzene rings is 1. The number of ether oxygens (including phenoxy) is 2. The zero-order valence-electron chi connectivity index (χ0n) is 11.9. The number of thioether (sulfide) groups is 1. The summed E-state index contributed by atoms with van der Waals surface area (Å²) in [7, 11) is 3.01. The molecule has 0 spiro atoms. The summed E-state index contributed by atoms with van der Waals surface area (Å²) < 4.78 is 10.9. The van der Waals surface area contributed by atoms with Crippen LogP contribution in [0.25, 0.3) is 0 Å². The van der Waals surface area contributed by atoms with Gasteiger partial charge in [-0.2, -0.15) is 0 Å². The van der Waals surface area contributed by atoms with Crippen molar-refractivity contribution in [3.05, 3.63) is 41.4 Å². The van der Waals surface area contributed by atoms with Gasteiger partial charge in [0.05, 0.1) is 11.8 Å². The van der Waals surface area contributed by atoms with Crippen molar-refractivity contribution < 1.29 is 14.3 Å². The SMILES string of the molecule is COC1(OC)C(=O)[C@H]2C=C(Cl)[C@@H]1C[C@@H]2Sc1ccccc1. The minimum atomic E-state index is -1.22. The number of carbonyl (C=O) groups excluding carboxylic acids is 1. The largest absolute Gasteiger partial charge is 0.346 e. The number of methoxy groups -OCH3 is 2. The van der Waals surface area contributed by atoms with E-state index in [0.717, 1.165) is 11.3 Å². The fraction of sp³-hybridized carbons (Fsp3) is 0.438. The number of rotatable bonds is 4. The van der Waals surface area contributed by atoms with Gasteiger partial charge in [0.1, 0.15) is 0 Å². The third-order valence-electron chi connectivity index (χ3n) is 4.28. The van der Waals surface area contributed by atoms with Crippen LogP contribution in [0.2, 0.25) is 0 Å². The van der Waals surface area contributed by atoms with Crippen molar-refractivity contribution in [1.82, 2.24) is 0 Å². The van der Waals surface area contributed by atoms with Gasteiger partial charge in [-0.15, -0.1) is 11.8 Å². The molecule has 0 aromatic heterocycles. The van der Waals surface area contributed by atoms with Gasteiger partial charge >= 0.3 is 0 Å². The number of hydrogen-bond acceptors (Lipinski definition) is 4. The molecule has 0 aliphatic heterocycles. The Morgan fingerprint density at radius 2 is 1.90 bits per heavy atom. The van der Waals surface area contributed by atoms with Gasteiger partial charge in [-0.1, -0.05) is 35.9 Å². The number of carbonyl (C=O) groups is 1. The molecule has 5 heteroatoms. The molecule has 0 heterocycles. The van der Waals surface area contributed by atoms with E-state index in [9.17, 15) is 4.79 Å². The van der Waals surface area contributed by atoms with Crippen LogP contribution in [0.3, 0.4) is 0 Å². The molecule has 0 amide bonds. The molecule has 3 nitrogen and oxygen atoms in total. The van der Waals surface area contributed by atoms with Gasteiger partial charge in [0.25, 0.3) is 0 Å². The standard InChI is InChI=1S/C16H17ClO3S/c1-19-16(20-2)12-9-14(11(15(16)18)8-13(12)17)21-10-6-4-3-5-7-10/h3-8,11-12,14H,9H2,1-2H3/t11-,12-,14-/m0/s1. The minimum absolute atomic E-state index is 0.0263. The Morgan fingerprint density at radius 3 is 2.52 bits per heavy atom. The molecule has 3 aliphatic rings. The van der Waals surface area contributed by atoms with Gasteiger partial charge in [-0.05, 0) is 18.6 Å². The van der Waals surface area contributed by atoms with Crippen molar-refractivity contribution in [2.45, 2.75) is 22.4 Å². The van der Waals surface area contributed by atoms with E-state index in [2.05, 4.69) is 12.1 Å². The summed E-state index contributed by atoms with van der Waals surface area (Å²) in [4.78, 5) is 13.9. The maximum Gasteiger partial charge on any atom is 0.237 e. The van der Waals surface area contributed by atoms with Gasteiger partial charge in [0.2, 0.25) is 11.6 Å². The predicted octanol–water partition coefficient (Wildman–Crippen LogP) is 3.48. The smallest absolute Gasteiger partial charge is 0.237 e.